The summed E-state index contributed by atoms with van der Waals surface area (Å²) < 4.78 is 46.3. The molecule has 1 amide bonds. The van der Waals surface area contributed by atoms with E-state index in [2.05, 4.69) is 45.9 Å². The predicted molar refractivity (Wildman–Crippen MR) is 277 cm³/mol. The van der Waals surface area contributed by atoms with Gasteiger partial charge in [-0.25, -0.2) is 0 Å². The molecule has 0 saturated carbocycles. The minimum atomic E-state index is -0.646. The minimum absolute atomic E-state index is 0.0111. The second kappa shape index (κ2) is 56.7. The maximum Gasteiger partial charge on any atom is 0.306 e. The lowest BCUT2D eigenvalue weighted by Crippen LogP contribution is -2.45. The molecule has 0 aliphatic carbocycles. The first kappa shape index (κ1) is 65.1. The van der Waals surface area contributed by atoms with Crippen molar-refractivity contribution in [2.24, 2.45) is 0 Å². The summed E-state index contributed by atoms with van der Waals surface area (Å²) in [5.41, 5.74) is 0. The standard InChI is InChI=1S/C56H107NO10/c1-5-9-12-15-18-25-32-41-61-42-33-26-20-21-27-34-43-65-53-54(66-44-35-29-22-23-30-37-55(58)67-45-36-28-19-16-13-10-6-2)56(59)57(38-31-24-17-14-11-7-3)39-46-62-48-50-64-52-51-63-49-47-60-40-8-4/h25,28,32,36,54H,5-24,26-27,29-31,33-35,37-53H2,1-4H3/b32-25-,36-28-. The van der Waals surface area contributed by atoms with Crippen LogP contribution in [0.2, 0.25) is 0 Å². The van der Waals surface area contributed by atoms with E-state index in [1.165, 1.54) is 96.3 Å². The Morgan fingerprint density at radius 1 is 0.388 bits per heavy atom. The summed E-state index contributed by atoms with van der Waals surface area (Å²) in [4.78, 5) is 28.3. The Bertz CT molecular complexity index is 1060. The topological polar surface area (TPSA) is 111 Å². The molecule has 1 unspecified atom stereocenters. The highest BCUT2D eigenvalue weighted by molar-refractivity contribution is 5.81. The van der Waals surface area contributed by atoms with Gasteiger partial charge in [0.15, 0.2) is 6.10 Å². The van der Waals surface area contributed by atoms with Gasteiger partial charge < -0.3 is 42.8 Å². The van der Waals surface area contributed by atoms with Gasteiger partial charge in [-0.1, -0.05) is 168 Å². The van der Waals surface area contributed by atoms with Crippen molar-refractivity contribution < 1.29 is 47.5 Å². The zero-order valence-electron chi connectivity index (χ0n) is 44.2. The van der Waals surface area contributed by atoms with E-state index in [-0.39, 0.29) is 18.5 Å². The Kier molecular flexibility index (Phi) is 55.2. The molecule has 0 aliphatic heterocycles. The normalized spacial score (nSPS) is 12.2. The van der Waals surface area contributed by atoms with E-state index in [1.54, 1.807) is 0 Å². The average Bonchev–Trinajstić information content (AvgIpc) is 3.33. The van der Waals surface area contributed by atoms with Crippen LogP contribution in [0.25, 0.3) is 0 Å². The van der Waals surface area contributed by atoms with Gasteiger partial charge in [0.05, 0.1) is 59.5 Å². The highest BCUT2D eigenvalue weighted by Crippen LogP contribution is 2.13. The molecular formula is C56H107NO10. The molecular weight excluding hydrogens is 847 g/mol. The Labute approximate surface area is 412 Å². The number of hydrogen-bond acceptors (Lipinski definition) is 10. The third kappa shape index (κ3) is 50.3. The molecule has 0 aromatic carbocycles. The van der Waals surface area contributed by atoms with Crippen LogP contribution in [0.3, 0.4) is 0 Å². The Balaban J connectivity index is 4.86. The summed E-state index contributed by atoms with van der Waals surface area (Å²) >= 11 is 0. The number of carbonyl (C=O) groups excluding carboxylic acids is 2. The van der Waals surface area contributed by atoms with Gasteiger partial charge >= 0.3 is 5.97 Å². The van der Waals surface area contributed by atoms with E-state index in [9.17, 15) is 9.59 Å². The van der Waals surface area contributed by atoms with Crippen LogP contribution in [0, 0.1) is 0 Å². The molecule has 1 atom stereocenters. The van der Waals surface area contributed by atoms with Crippen molar-refractivity contribution in [2.45, 2.75) is 220 Å². The maximum atomic E-state index is 14.2. The molecule has 0 bridgehead atoms. The van der Waals surface area contributed by atoms with Crippen LogP contribution >= 0.6 is 0 Å². The number of esters is 1. The lowest BCUT2D eigenvalue weighted by molar-refractivity contribution is -0.149. The Morgan fingerprint density at radius 2 is 0.851 bits per heavy atom. The summed E-state index contributed by atoms with van der Waals surface area (Å²) in [6.07, 6.45) is 40.1. The quantitative estimate of drug-likeness (QED) is 0.0332. The second-order valence-electron chi connectivity index (χ2n) is 18.0. The molecule has 11 heteroatoms. The third-order valence-corrected chi connectivity index (χ3v) is 11.6. The second-order valence-corrected chi connectivity index (χ2v) is 18.0. The molecule has 0 heterocycles. The smallest absolute Gasteiger partial charge is 0.306 e. The zero-order chi connectivity index (χ0) is 48.6. The van der Waals surface area contributed by atoms with E-state index < -0.39 is 6.10 Å². The van der Waals surface area contributed by atoms with Crippen molar-refractivity contribution in [3.8, 4) is 0 Å². The lowest BCUT2D eigenvalue weighted by atomic mass is 10.1. The molecule has 0 N–H and O–H groups in total. The molecule has 0 radical (unpaired) electrons. The number of hydrogen-bond donors (Lipinski definition) is 0. The van der Waals surface area contributed by atoms with Gasteiger partial charge in [0.1, 0.15) is 6.61 Å². The predicted octanol–water partition coefficient (Wildman–Crippen LogP) is 13.3. The van der Waals surface area contributed by atoms with Crippen molar-refractivity contribution in [3.05, 3.63) is 24.3 Å². The van der Waals surface area contributed by atoms with Gasteiger partial charge in [0.25, 0.3) is 5.91 Å². The van der Waals surface area contributed by atoms with E-state index in [1.807, 2.05) is 11.0 Å². The maximum absolute atomic E-state index is 14.2. The van der Waals surface area contributed by atoms with Crippen LogP contribution in [-0.2, 0) is 47.5 Å². The molecule has 396 valence electrons. The monoisotopic (exact) mass is 954 g/mol. The van der Waals surface area contributed by atoms with Crippen LogP contribution in [0.15, 0.2) is 24.3 Å². The fraction of sp³-hybridized carbons (Fsp3) is 0.893. The summed E-state index contributed by atoms with van der Waals surface area (Å²) in [5, 5.41) is 0. The Hall–Kier alpha value is -1.86. The lowest BCUT2D eigenvalue weighted by Gasteiger charge is -2.28. The molecule has 11 nitrogen and oxygen atoms in total. The summed E-state index contributed by atoms with van der Waals surface area (Å²) in [7, 11) is 0. The molecule has 0 aromatic rings. The number of amides is 1. The van der Waals surface area contributed by atoms with Gasteiger partial charge in [-0.05, 0) is 64.2 Å². The summed E-state index contributed by atoms with van der Waals surface area (Å²) in [5.74, 6) is -0.134. The fourth-order valence-electron chi connectivity index (χ4n) is 7.44. The third-order valence-electron chi connectivity index (χ3n) is 11.6. The fourth-order valence-corrected chi connectivity index (χ4v) is 7.44. The summed E-state index contributed by atoms with van der Waals surface area (Å²) in [6, 6.07) is 0. The van der Waals surface area contributed by atoms with E-state index in [0.29, 0.717) is 85.6 Å². The van der Waals surface area contributed by atoms with Gasteiger partial charge in [-0.15, -0.1) is 0 Å². The number of rotatable bonds is 56. The molecule has 67 heavy (non-hydrogen) atoms. The number of carbonyl (C=O) groups is 2. The van der Waals surface area contributed by atoms with Crippen molar-refractivity contribution >= 4 is 11.9 Å². The van der Waals surface area contributed by atoms with Gasteiger partial charge in [-0.3, -0.25) is 9.59 Å². The van der Waals surface area contributed by atoms with Gasteiger partial charge in [-0.2, -0.15) is 0 Å². The van der Waals surface area contributed by atoms with Gasteiger partial charge in [0, 0.05) is 45.9 Å². The van der Waals surface area contributed by atoms with Crippen molar-refractivity contribution in [3.63, 3.8) is 0 Å². The van der Waals surface area contributed by atoms with Crippen molar-refractivity contribution in [2.75, 3.05) is 106 Å². The molecule has 0 aliphatic rings. The first-order chi connectivity index (χ1) is 33.1. The van der Waals surface area contributed by atoms with Crippen molar-refractivity contribution in [1.82, 2.24) is 4.90 Å². The van der Waals surface area contributed by atoms with Crippen LogP contribution in [0.5, 0.6) is 0 Å². The molecule has 0 saturated heterocycles. The molecule has 0 fully saturated rings. The SMILES string of the molecule is CCCCCC/C=C\COCCCCCCCCOCC(OCCCCCCCC(=O)OC/C=C\CCCCCC)C(=O)N(CCCCCCCC)CCOCCOCCOCCOCCC. The number of nitrogens with zero attached hydrogens (tertiary/aromatic N) is 1. The molecule has 0 spiro atoms. The van der Waals surface area contributed by atoms with E-state index >= 15 is 0 Å². The van der Waals surface area contributed by atoms with E-state index in [0.717, 1.165) is 103 Å². The number of ether oxygens (including phenoxy) is 8. The minimum Gasteiger partial charge on any atom is -0.461 e. The number of allylic oxidation sites excluding steroid dienone is 2. The Morgan fingerprint density at radius 3 is 1.43 bits per heavy atom. The zero-order valence-corrected chi connectivity index (χ0v) is 44.2. The van der Waals surface area contributed by atoms with Crippen LogP contribution in [0.4, 0.5) is 0 Å². The van der Waals surface area contributed by atoms with Crippen LogP contribution in [-0.4, -0.2) is 128 Å². The van der Waals surface area contributed by atoms with E-state index in [4.69, 9.17) is 37.9 Å². The highest BCUT2D eigenvalue weighted by Gasteiger charge is 2.25. The van der Waals surface area contributed by atoms with Crippen LogP contribution in [0.1, 0.15) is 214 Å². The first-order valence-electron chi connectivity index (χ1n) is 27.9. The average molecular weight is 954 g/mol. The highest BCUT2D eigenvalue weighted by atomic mass is 16.6. The van der Waals surface area contributed by atoms with Crippen LogP contribution < -0.4 is 0 Å². The number of unbranched alkanes of at least 4 members (excludes halogenated alkanes) is 22. The first-order valence-corrected chi connectivity index (χ1v) is 27.9. The molecule has 0 rings (SSSR count). The van der Waals surface area contributed by atoms with Gasteiger partial charge in [0.2, 0.25) is 0 Å². The summed E-state index contributed by atoms with van der Waals surface area (Å²) in [6.45, 7) is 17.6. The largest absolute Gasteiger partial charge is 0.461 e. The molecule has 0 aromatic heterocycles. The van der Waals surface area contributed by atoms with Crippen molar-refractivity contribution in [1.29, 1.82) is 0 Å².